The number of ether oxygens (including phenoxy) is 1. The Labute approximate surface area is 161 Å². The zero-order valence-electron chi connectivity index (χ0n) is 15.3. The van der Waals surface area contributed by atoms with Gasteiger partial charge in [0.15, 0.2) is 6.61 Å². The van der Waals surface area contributed by atoms with E-state index >= 15 is 0 Å². The van der Waals surface area contributed by atoms with E-state index in [1.54, 1.807) is 31.2 Å². The van der Waals surface area contributed by atoms with Crippen molar-refractivity contribution in [3.63, 3.8) is 0 Å². The van der Waals surface area contributed by atoms with Crippen LogP contribution in [0.1, 0.15) is 21.7 Å². The number of nitrogens with zero attached hydrogens (tertiary/aromatic N) is 1. The number of hydrogen-bond donors (Lipinski definition) is 1. The average molecular weight is 382 g/mol. The van der Waals surface area contributed by atoms with Gasteiger partial charge in [-0.25, -0.2) is 9.18 Å². The van der Waals surface area contributed by atoms with Gasteiger partial charge in [-0.2, -0.15) is 0 Å². The predicted molar refractivity (Wildman–Crippen MR) is 100 cm³/mol. The molecule has 0 saturated heterocycles. The van der Waals surface area contributed by atoms with Gasteiger partial charge in [0.2, 0.25) is 0 Å². The maximum atomic E-state index is 12.9. The molecule has 0 saturated carbocycles. The Morgan fingerprint density at radius 2 is 1.82 bits per heavy atom. The quantitative estimate of drug-likeness (QED) is 0.634. The summed E-state index contributed by atoms with van der Waals surface area (Å²) in [6.07, 6.45) is 0.545. The van der Waals surface area contributed by atoms with Gasteiger partial charge in [-0.1, -0.05) is 47.6 Å². The van der Waals surface area contributed by atoms with Crippen LogP contribution >= 0.6 is 0 Å². The lowest BCUT2D eigenvalue weighted by atomic mass is 10.1. The number of benzene rings is 2. The minimum atomic E-state index is -0.675. The summed E-state index contributed by atoms with van der Waals surface area (Å²) in [5, 5.41) is 6.58. The van der Waals surface area contributed by atoms with Crippen LogP contribution in [0.25, 0.3) is 11.3 Å². The molecule has 3 rings (SSSR count). The van der Waals surface area contributed by atoms with Crippen LogP contribution in [0.5, 0.6) is 0 Å². The van der Waals surface area contributed by atoms with Crippen molar-refractivity contribution in [3.8, 4) is 11.3 Å². The third kappa shape index (κ3) is 4.82. The molecule has 0 radical (unpaired) electrons. The molecule has 0 aliphatic heterocycles. The highest BCUT2D eigenvalue weighted by molar-refractivity contribution is 5.98. The van der Waals surface area contributed by atoms with E-state index in [2.05, 4.69) is 10.5 Å². The molecule has 0 unspecified atom stereocenters. The summed E-state index contributed by atoms with van der Waals surface area (Å²) < 4.78 is 23.1. The molecule has 3 aromatic rings. The lowest BCUT2D eigenvalue weighted by Crippen LogP contribution is -2.30. The van der Waals surface area contributed by atoms with E-state index in [0.29, 0.717) is 24.4 Å². The van der Waals surface area contributed by atoms with Crippen molar-refractivity contribution in [2.45, 2.75) is 13.3 Å². The Kier molecular flexibility index (Phi) is 6.16. The van der Waals surface area contributed by atoms with Crippen LogP contribution in [-0.2, 0) is 16.0 Å². The number of carbonyl (C=O) groups excluding carboxylic acids is 2. The number of aromatic nitrogens is 1. The molecule has 1 N–H and O–H groups in total. The van der Waals surface area contributed by atoms with E-state index in [-0.39, 0.29) is 11.4 Å². The molecule has 0 aliphatic rings. The lowest BCUT2D eigenvalue weighted by Gasteiger charge is -2.07. The van der Waals surface area contributed by atoms with Crippen molar-refractivity contribution in [2.75, 3.05) is 13.2 Å². The second-order valence-corrected chi connectivity index (χ2v) is 6.13. The highest BCUT2D eigenvalue weighted by Gasteiger charge is 2.23. The van der Waals surface area contributed by atoms with Gasteiger partial charge >= 0.3 is 5.97 Å². The highest BCUT2D eigenvalue weighted by atomic mass is 19.1. The molecule has 6 nitrogen and oxygen atoms in total. The maximum Gasteiger partial charge on any atom is 0.344 e. The Balaban J connectivity index is 1.52. The summed E-state index contributed by atoms with van der Waals surface area (Å²) in [6.45, 7) is 1.55. The third-order valence-electron chi connectivity index (χ3n) is 4.10. The fraction of sp³-hybridized carbons (Fsp3) is 0.190. The summed E-state index contributed by atoms with van der Waals surface area (Å²) in [4.78, 5) is 24.3. The molecule has 0 atom stereocenters. The summed E-state index contributed by atoms with van der Waals surface area (Å²) in [5.74, 6) is -1.09. The molecule has 1 amide bonds. The fourth-order valence-corrected chi connectivity index (χ4v) is 2.66. The van der Waals surface area contributed by atoms with Crippen molar-refractivity contribution in [1.82, 2.24) is 10.5 Å². The largest absolute Gasteiger partial charge is 0.452 e. The predicted octanol–water partition coefficient (Wildman–Crippen LogP) is 3.30. The first-order valence-electron chi connectivity index (χ1n) is 8.74. The van der Waals surface area contributed by atoms with Gasteiger partial charge in [0.1, 0.15) is 22.8 Å². The molecular weight excluding hydrogens is 363 g/mol. The summed E-state index contributed by atoms with van der Waals surface area (Å²) >= 11 is 0. The van der Waals surface area contributed by atoms with Gasteiger partial charge in [0.25, 0.3) is 5.91 Å². The van der Waals surface area contributed by atoms with Crippen LogP contribution in [0.3, 0.4) is 0 Å². The van der Waals surface area contributed by atoms with Crippen LogP contribution < -0.4 is 5.32 Å². The molecule has 0 aliphatic carbocycles. The number of esters is 1. The number of carbonyl (C=O) groups is 2. The van der Waals surface area contributed by atoms with Crippen LogP contribution in [0.15, 0.2) is 59.1 Å². The summed E-state index contributed by atoms with van der Waals surface area (Å²) in [7, 11) is 0. The third-order valence-corrected chi connectivity index (χ3v) is 4.10. The molecule has 144 valence electrons. The van der Waals surface area contributed by atoms with Crippen molar-refractivity contribution >= 4 is 11.9 Å². The second kappa shape index (κ2) is 8.94. The van der Waals surface area contributed by atoms with E-state index in [9.17, 15) is 14.0 Å². The molecule has 28 heavy (non-hydrogen) atoms. The molecule has 0 spiro atoms. The van der Waals surface area contributed by atoms with Crippen molar-refractivity contribution in [3.05, 3.63) is 77.3 Å². The van der Waals surface area contributed by atoms with Gasteiger partial charge in [0, 0.05) is 12.1 Å². The Morgan fingerprint density at radius 1 is 1.11 bits per heavy atom. The van der Waals surface area contributed by atoms with Crippen LogP contribution in [0.2, 0.25) is 0 Å². The summed E-state index contributed by atoms with van der Waals surface area (Å²) in [5.41, 5.74) is 2.19. The van der Waals surface area contributed by atoms with E-state index < -0.39 is 18.5 Å². The van der Waals surface area contributed by atoms with Crippen molar-refractivity contribution in [2.24, 2.45) is 0 Å². The van der Waals surface area contributed by atoms with E-state index in [4.69, 9.17) is 9.26 Å². The number of amides is 1. The summed E-state index contributed by atoms with van der Waals surface area (Å²) in [6, 6.07) is 15.1. The van der Waals surface area contributed by atoms with Gasteiger partial charge < -0.3 is 14.6 Å². The molecule has 1 heterocycles. The zero-order valence-corrected chi connectivity index (χ0v) is 15.3. The van der Waals surface area contributed by atoms with E-state index in [0.717, 1.165) is 11.1 Å². The van der Waals surface area contributed by atoms with Gasteiger partial charge in [-0.15, -0.1) is 0 Å². The highest BCUT2D eigenvalue weighted by Crippen LogP contribution is 2.25. The lowest BCUT2D eigenvalue weighted by molar-refractivity contribution is -0.124. The van der Waals surface area contributed by atoms with Gasteiger partial charge in [-0.3, -0.25) is 4.79 Å². The van der Waals surface area contributed by atoms with Crippen LogP contribution in [0.4, 0.5) is 4.39 Å². The Hall–Kier alpha value is -3.48. The first-order chi connectivity index (χ1) is 13.5. The maximum absolute atomic E-state index is 12.9. The number of hydrogen-bond acceptors (Lipinski definition) is 5. The number of aryl methyl sites for hydroxylation is 1. The number of rotatable bonds is 7. The van der Waals surface area contributed by atoms with E-state index in [1.807, 2.05) is 18.2 Å². The van der Waals surface area contributed by atoms with Crippen molar-refractivity contribution < 1.29 is 23.2 Å². The normalized spacial score (nSPS) is 10.5. The average Bonchev–Trinajstić information content (AvgIpc) is 3.10. The monoisotopic (exact) mass is 382 g/mol. The Morgan fingerprint density at radius 3 is 2.54 bits per heavy atom. The number of nitrogens with one attached hydrogen (secondary N) is 1. The minimum absolute atomic E-state index is 0.199. The van der Waals surface area contributed by atoms with Gasteiger partial charge in [0.05, 0.1) is 0 Å². The molecule has 1 aromatic heterocycles. The smallest absolute Gasteiger partial charge is 0.344 e. The fourth-order valence-electron chi connectivity index (χ4n) is 2.66. The molecule has 2 aromatic carbocycles. The van der Waals surface area contributed by atoms with Crippen molar-refractivity contribution in [1.29, 1.82) is 0 Å². The van der Waals surface area contributed by atoms with Crippen LogP contribution in [-0.4, -0.2) is 30.2 Å². The first-order valence-corrected chi connectivity index (χ1v) is 8.74. The molecule has 0 bridgehead atoms. The van der Waals surface area contributed by atoms with Gasteiger partial charge in [-0.05, 0) is 31.0 Å². The van der Waals surface area contributed by atoms with Crippen LogP contribution in [0, 0.1) is 12.7 Å². The molecule has 0 fully saturated rings. The topological polar surface area (TPSA) is 81.4 Å². The molecule has 7 heteroatoms. The first kappa shape index (κ1) is 19.3. The van der Waals surface area contributed by atoms with E-state index in [1.165, 1.54) is 12.1 Å². The standard InChI is InChI=1S/C21H19FN2O4/c1-14-19(20(24-28-14)16-5-3-2-4-6-16)21(26)27-13-18(25)23-12-11-15-7-9-17(22)10-8-15/h2-10H,11-13H2,1H3,(H,23,25). The second-order valence-electron chi connectivity index (χ2n) is 6.13. The molecular formula is C21H19FN2O4. The SMILES string of the molecule is Cc1onc(-c2ccccc2)c1C(=O)OCC(=O)NCCc1ccc(F)cc1. The zero-order chi connectivity index (χ0) is 19.9. The minimum Gasteiger partial charge on any atom is -0.452 e. The number of halogens is 1. The Bertz CT molecular complexity index is 952.